The van der Waals surface area contributed by atoms with Gasteiger partial charge in [-0.05, 0) is 31.4 Å². The number of fused-ring (bicyclic) bond motifs is 1. The zero-order valence-electron chi connectivity index (χ0n) is 14.8. The number of nitrogens with zero attached hydrogens (tertiary/aromatic N) is 4. The molecule has 0 unspecified atom stereocenters. The average Bonchev–Trinajstić information content (AvgIpc) is 3.23. The number of rotatable bonds is 6. The molecule has 3 atom stereocenters. The second-order valence-electron chi connectivity index (χ2n) is 6.99. The number of imidazole rings is 1. The molecule has 0 spiro atoms. The summed E-state index contributed by atoms with van der Waals surface area (Å²) in [4.78, 5) is 11.3. The molecule has 6 heteroatoms. The van der Waals surface area contributed by atoms with Crippen molar-refractivity contribution in [3.05, 3.63) is 48.3 Å². The first kappa shape index (κ1) is 16.7. The van der Waals surface area contributed by atoms with Gasteiger partial charge in [-0.2, -0.15) is 0 Å². The molecule has 0 saturated carbocycles. The zero-order chi connectivity index (χ0) is 17.1. The first-order valence-electron chi connectivity index (χ1n) is 9.13. The molecule has 0 bridgehead atoms. The van der Waals surface area contributed by atoms with E-state index in [-0.39, 0.29) is 6.10 Å². The molecule has 0 N–H and O–H groups in total. The molecule has 25 heavy (non-hydrogen) atoms. The van der Waals surface area contributed by atoms with E-state index in [1.165, 1.54) is 6.42 Å². The normalized spacial score (nSPS) is 26.7. The lowest BCUT2D eigenvalue weighted by Crippen LogP contribution is -2.43. The molecule has 134 valence electrons. The lowest BCUT2D eigenvalue weighted by molar-refractivity contribution is -0.102. The van der Waals surface area contributed by atoms with Crippen LogP contribution in [-0.4, -0.2) is 50.8 Å². The van der Waals surface area contributed by atoms with E-state index >= 15 is 0 Å². The van der Waals surface area contributed by atoms with Gasteiger partial charge in [-0.25, -0.2) is 4.98 Å². The highest BCUT2D eigenvalue weighted by atomic mass is 16.5. The summed E-state index contributed by atoms with van der Waals surface area (Å²) in [6.45, 7) is 3.21. The van der Waals surface area contributed by atoms with Crippen LogP contribution in [0, 0.1) is 0 Å². The second-order valence-corrected chi connectivity index (χ2v) is 6.99. The van der Waals surface area contributed by atoms with Crippen LogP contribution in [0.15, 0.2) is 36.8 Å². The Bertz CT molecular complexity index is 675. The van der Waals surface area contributed by atoms with Crippen molar-refractivity contribution in [1.82, 2.24) is 19.4 Å². The Morgan fingerprint density at radius 3 is 2.96 bits per heavy atom. The van der Waals surface area contributed by atoms with Gasteiger partial charge in [0.2, 0.25) is 0 Å². The summed E-state index contributed by atoms with van der Waals surface area (Å²) in [7, 11) is 2.06. The van der Waals surface area contributed by atoms with Gasteiger partial charge in [-0.15, -0.1) is 0 Å². The number of hydrogen-bond acceptors (Lipinski definition) is 5. The molecule has 2 aliphatic rings. The van der Waals surface area contributed by atoms with Gasteiger partial charge in [0.05, 0.1) is 37.7 Å². The van der Waals surface area contributed by atoms with Gasteiger partial charge in [0, 0.05) is 38.2 Å². The van der Waals surface area contributed by atoms with Crippen LogP contribution in [-0.2, 0) is 29.7 Å². The van der Waals surface area contributed by atoms with Gasteiger partial charge in [0.25, 0.3) is 0 Å². The van der Waals surface area contributed by atoms with E-state index in [0.29, 0.717) is 25.4 Å². The van der Waals surface area contributed by atoms with Gasteiger partial charge < -0.3 is 14.0 Å². The van der Waals surface area contributed by atoms with Crippen molar-refractivity contribution in [2.24, 2.45) is 7.05 Å². The number of aromatic nitrogens is 3. The number of ether oxygens (including phenoxy) is 2. The molecule has 0 aromatic carbocycles. The van der Waals surface area contributed by atoms with Crippen molar-refractivity contribution in [1.29, 1.82) is 0 Å². The fraction of sp³-hybridized carbons (Fsp3) is 0.579. The molecule has 2 aromatic rings. The van der Waals surface area contributed by atoms with E-state index < -0.39 is 0 Å². The van der Waals surface area contributed by atoms with Gasteiger partial charge in [-0.1, -0.05) is 6.07 Å². The van der Waals surface area contributed by atoms with E-state index in [1.807, 2.05) is 30.6 Å². The molecule has 2 aliphatic heterocycles. The highest BCUT2D eigenvalue weighted by molar-refractivity contribution is 5.02. The Morgan fingerprint density at radius 2 is 2.16 bits per heavy atom. The highest BCUT2D eigenvalue weighted by Gasteiger charge is 2.40. The minimum Gasteiger partial charge on any atom is -0.372 e. The van der Waals surface area contributed by atoms with E-state index in [2.05, 4.69) is 26.5 Å². The lowest BCUT2D eigenvalue weighted by atomic mass is 9.99. The summed E-state index contributed by atoms with van der Waals surface area (Å²) in [5.74, 6) is 1.13. The van der Waals surface area contributed by atoms with E-state index in [0.717, 1.165) is 37.4 Å². The Balaban J connectivity index is 1.25. The van der Waals surface area contributed by atoms with Crippen molar-refractivity contribution >= 4 is 0 Å². The third kappa shape index (κ3) is 3.92. The van der Waals surface area contributed by atoms with Gasteiger partial charge in [0.15, 0.2) is 0 Å². The quantitative estimate of drug-likeness (QED) is 0.805. The molecule has 0 aliphatic carbocycles. The number of hydrogen-bond donors (Lipinski definition) is 0. The van der Waals surface area contributed by atoms with Crippen molar-refractivity contribution in [3.8, 4) is 0 Å². The maximum Gasteiger partial charge on any atom is 0.122 e. The van der Waals surface area contributed by atoms with E-state index in [1.54, 1.807) is 6.20 Å². The predicted octanol–water partition coefficient (Wildman–Crippen LogP) is 2.15. The smallest absolute Gasteiger partial charge is 0.122 e. The Labute approximate surface area is 148 Å². The Morgan fingerprint density at radius 1 is 1.20 bits per heavy atom. The molecule has 4 heterocycles. The van der Waals surface area contributed by atoms with Gasteiger partial charge in [-0.3, -0.25) is 9.88 Å². The minimum absolute atomic E-state index is 0.207. The summed E-state index contributed by atoms with van der Waals surface area (Å²) in [6.07, 6.45) is 9.55. The zero-order valence-corrected chi connectivity index (χ0v) is 14.8. The standard InChI is InChI=1S/C19H26N4O2/c1-22-11-9-21-19(22)12-23-10-7-18-17(23)6-5-16(25-18)14-24-13-15-4-2-3-8-20-15/h2-4,8-9,11,16-18H,5-7,10,12-14H2,1H3/t16-,17+,18+/m1/s1. The minimum atomic E-state index is 0.207. The van der Waals surface area contributed by atoms with Crippen LogP contribution >= 0.6 is 0 Å². The van der Waals surface area contributed by atoms with Crippen LogP contribution in [0.1, 0.15) is 30.8 Å². The maximum atomic E-state index is 6.31. The third-order valence-corrected chi connectivity index (χ3v) is 5.30. The fourth-order valence-electron chi connectivity index (χ4n) is 3.91. The second kappa shape index (κ2) is 7.64. The summed E-state index contributed by atoms with van der Waals surface area (Å²) in [5, 5.41) is 0. The largest absolute Gasteiger partial charge is 0.372 e. The van der Waals surface area contributed by atoms with Gasteiger partial charge >= 0.3 is 0 Å². The van der Waals surface area contributed by atoms with E-state index in [4.69, 9.17) is 9.47 Å². The Kier molecular flexibility index (Phi) is 5.10. The van der Waals surface area contributed by atoms with Gasteiger partial charge in [0.1, 0.15) is 5.82 Å². The van der Waals surface area contributed by atoms with Crippen molar-refractivity contribution in [2.75, 3.05) is 13.2 Å². The molecule has 2 saturated heterocycles. The molecule has 4 rings (SSSR count). The van der Waals surface area contributed by atoms with Crippen molar-refractivity contribution in [2.45, 2.75) is 50.7 Å². The number of pyridine rings is 1. The first-order valence-corrected chi connectivity index (χ1v) is 9.13. The third-order valence-electron chi connectivity index (χ3n) is 5.30. The Hall–Kier alpha value is -1.76. The van der Waals surface area contributed by atoms with Crippen LogP contribution in [0.4, 0.5) is 0 Å². The summed E-state index contributed by atoms with van der Waals surface area (Å²) < 4.78 is 14.2. The van der Waals surface area contributed by atoms with E-state index in [9.17, 15) is 0 Å². The van der Waals surface area contributed by atoms with Crippen molar-refractivity contribution < 1.29 is 9.47 Å². The summed E-state index contributed by atoms with van der Waals surface area (Å²) in [5.41, 5.74) is 0.971. The molecular weight excluding hydrogens is 316 g/mol. The van der Waals surface area contributed by atoms with Crippen LogP contribution < -0.4 is 0 Å². The van der Waals surface area contributed by atoms with Crippen LogP contribution in [0.25, 0.3) is 0 Å². The van der Waals surface area contributed by atoms with Crippen LogP contribution in [0.2, 0.25) is 0 Å². The fourth-order valence-corrected chi connectivity index (χ4v) is 3.91. The monoisotopic (exact) mass is 342 g/mol. The molecule has 0 amide bonds. The summed E-state index contributed by atoms with van der Waals surface area (Å²) >= 11 is 0. The summed E-state index contributed by atoms with van der Waals surface area (Å²) in [6, 6.07) is 6.42. The molecule has 6 nitrogen and oxygen atoms in total. The van der Waals surface area contributed by atoms with Crippen LogP contribution in [0.3, 0.4) is 0 Å². The molecule has 2 aromatic heterocycles. The lowest BCUT2D eigenvalue weighted by Gasteiger charge is -2.35. The molecule has 0 radical (unpaired) electrons. The predicted molar refractivity (Wildman–Crippen MR) is 93.8 cm³/mol. The topological polar surface area (TPSA) is 52.4 Å². The maximum absolute atomic E-state index is 6.31. The SMILES string of the molecule is Cn1ccnc1CN1CC[C@@H]2O[C@@H](COCc3ccccn3)CC[C@@H]21. The average molecular weight is 342 g/mol. The first-order chi connectivity index (χ1) is 12.3. The molecule has 2 fully saturated rings. The number of aryl methyl sites for hydroxylation is 1. The number of likely N-dealkylation sites (tertiary alicyclic amines) is 1. The molecular formula is C19H26N4O2. The van der Waals surface area contributed by atoms with Crippen LogP contribution in [0.5, 0.6) is 0 Å². The van der Waals surface area contributed by atoms with Crippen molar-refractivity contribution in [3.63, 3.8) is 0 Å². The highest BCUT2D eigenvalue weighted by Crippen LogP contribution is 2.32.